The average Bonchev–Trinajstić information content (AvgIpc) is 2.63. The Kier molecular flexibility index (Phi) is 8.55. The topological polar surface area (TPSA) is 171 Å². The highest BCUT2D eigenvalue weighted by molar-refractivity contribution is 7.59. The molecular weight excluding hydrogens is 370 g/mol. The van der Waals surface area contributed by atoms with Gasteiger partial charge in [-0.05, 0) is 32.1 Å². The van der Waals surface area contributed by atoms with E-state index in [1.54, 1.807) is 0 Å². The van der Waals surface area contributed by atoms with Crippen LogP contribution in [-0.4, -0.2) is 47.2 Å². The summed E-state index contributed by atoms with van der Waals surface area (Å²) < 4.78 is 5.25. The first-order valence-corrected chi connectivity index (χ1v) is 8.85. The van der Waals surface area contributed by atoms with Crippen molar-refractivity contribution in [3.63, 3.8) is 0 Å². The van der Waals surface area contributed by atoms with E-state index in [-0.39, 0.29) is 50.1 Å². The molecule has 4 amide bonds. The monoisotopic (exact) mass is 404 g/mol. The van der Waals surface area contributed by atoms with Gasteiger partial charge in [0.2, 0.25) is 23.6 Å². The van der Waals surface area contributed by atoms with Crippen LogP contribution in [0.25, 0.3) is 0 Å². The number of carbonyl (C=O) groups excluding carboxylic acids is 4. The number of carbonyl (C=O) groups is 4. The maximum Gasteiger partial charge on any atom is 0.240 e. The SMILES string of the molecule is CC(C)C(=O)NC1CCC2(CC1)CN([C@@H](CCC(N)=O)C(N)=O)C2=O.S.[2H]N. The van der Waals surface area contributed by atoms with Crippen LogP contribution < -0.4 is 22.9 Å². The predicted molar refractivity (Wildman–Crippen MR) is 106 cm³/mol. The van der Waals surface area contributed by atoms with Crippen molar-refractivity contribution in [1.82, 2.24) is 16.4 Å². The summed E-state index contributed by atoms with van der Waals surface area (Å²) in [7, 11) is 0. The number of nitrogens with two attached hydrogens (primary N) is 2. The second-order valence-electron chi connectivity index (χ2n) is 7.57. The Morgan fingerprint density at radius 3 is 2.26 bits per heavy atom. The summed E-state index contributed by atoms with van der Waals surface area (Å²) in [6.45, 7) is 4.18. The van der Waals surface area contributed by atoms with Crippen LogP contribution in [0.5, 0.6) is 0 Å². The molecule has 0 aromatic rings. The van der Waals surface area contributed by atoms with Gasteiger partial charge in [0.05, 0.1) is 5.41 Å². The lowest BCUT2D eigenvalue weighted by molar-refractivity contribution is -0.171. The quantitative estimate of drug-likeness (QED) is 0.434. The van der Waals surface area contributed by atoms with Crippen LogP contribution in [0, 0.1) is 11.3 Å². The molecule has 2 rings (SSSR count). The van der Waals surface area contributed by atoms with E-state index in [1.807, 2.05) is 13.8 Å². The minimum Gasteiger partial charge on any atom is -0.370 e. The van der Waals surface area contributed by atoms with Gasteiger partial charge in [-0.1, -0.05) is 13.8 Å². The number of rotatable bonds is 7. The highest BCUT2D eigenvalue weighted by Gasteiger charge is 2.55. The van der Waals surface area contributed by atoms with Crippen LogP contribution in [0.4, 0.5) is 0 Å². The Morgan fingerprint density at radius 1 is 1.30 bits per heavy atom. The van der Waals surface area contributed by atoms with E-state index in [4.69, 9.17) is 12.9 Å². The number of nitrogens with zero attached hydrogens (tertiary/aromatic N) is 1. The molecule has 156 valence electrons. The Hall–Kier alpha value is -1.81. The van der Waals surface area contributed by atoms with E-state index in [0.29, 0.717) is 19.4 Å². The van der Waals surface area contributed by atoms with Crippen LogP contribution in [0.15, 0.2) is 0 Å². The van der Waals surface area contributed by atoms with Crippen molar-refractivity contribution in [2.75, 3.05) is 6.54 Å². The van der Waals surface area contributed by atoms with Gasteiger partial charge in [-0.25, -0.2) is 0 Å². The fourth-order valence-electron chi connectivity index (χ4n) is 3.72. The Balaban J connectivity index is 0.00000235. The molecule has 2 aliphatic rings. The molecule has 2 fully saturated rings. The number of amides is 4. The molecule has 1 heterocycles. The van der Waals surface area contributed by atoms with E-state index >= 15 is 0 Å². The highest BCUT2D eigenvalue weighted by Crippen LogP contribution is 2.46. The Morgan fingerprint density at radius 2 is 1.85 bits per heavy atom. The molecule has 0 bridgehead atoms. The van der Waals surface area contributed by atoms with Gasteiger partial charge >= 0.3 is 0 Å². The standard InChI is InChI=1S/C17H28N4O4.H3N.H2S/c1-10(2)15(24)20-11-5-7-17(8-6-11)9-21(16(17)25)12(14(19)23)3-4-13(18)22;;/h10-12H,3-9H2,1-2H3,(H2,18,22)(H2,19,23)(H,20,24);1H3;1H2/t11?,12-,17?;;/m0../s1/i/hD. The van der Waals surface area contributed by atoms with Gasteiger partial charge in [0.25, 0.3) is 0 Å². The van der Waals surface area contributed by atoms with Crippen molar-refractivity contribution in [3.8, 4) is 0 Å². The molecule has 1 aliphatic carbocycles. The molecular formula is C17H33N5O4S. The fourth-order valence-corrected chi connectivity index (χ4v) is 3.72. The van der Waals surface area contributed by atoms with Gasteiger partial charge in [0, 0.05) is 24.9 Å². The molecule has 0 radical (unpaired) electrons. The summed E-state index contributed by atoms with van der Waals surface area (Å²) in [5.41, 5.74) is 10.1. The third-order valence-electron chi connectivity index (χ3n) is 5.37. The molecule has 1 spiro atoms. The first-order chi connectivity index (χ1) is 12.7. The van der Waals surface area contributed by atoms with Crippen LogP contribution in [-0.2, 0) is 19.2 Å². The van der Waals surface area contributed by atoms with Crippen LogP contribution in [0.2, 0.25) is 1.41 Å². The van der Waals surface area contributed by atoms with Crippen molar-refractivity contribution in [2.24, 2.45) is 22.8 Å². The second kappa shape index (κ2) is 9.93. The normalized spacial score (nSPS) is 25.3. The zero-order chi connectivity index (χ0) is 20.8. The van der Waals surface area contributed by atoms with Crippen molar-refractivity contribution >= 4 is 37.1 Å². The lowest BCUT2D eigenvalue weighted by Crippen LogP contribution is -2.68. The number of likely N-dealkylation sites (tertiary alicyclic amines) is 1. The number of hydrogen-bond donors (Lipinski definition) is 4. The molecule has 9 nitrogen and oxygen atoms in total. The van der Waals surface area contributed by atoms with Gasteiger partial charge in [0.15, 0.2) is 0 Å². The van der Waals surface area contributed by atoms with Crippen LogP contribution in [0.3, 0.4) is 0 Å². The van der Waals surface area contributed by atoms with Crippen LogP contribution >= 0.6 is 13.5 Å². The van der Waals surface area contributed by atoms with E-state index in [1.165, 1.54) is 4.90 Å². The predicted octanol–water partition coefficient (Wildman–Crippen LogP) is -0.0760. The first-order valence-electron chi connectivity index (χ1n) is 9.43. The minimum atomic E-state index is -0.774. The van der Waals surface area contributed by atoms with Crippen molar-refractivity contribution in [3.05, 3.63) is 0 Å². The summed E-state index contributed by atoms with van der Waals surface area (Å²) in [5.74, 6) is -1.23. The maximum atomic E-state index is 12.7. The zero-order valence-electron chi connectivity index (χ0n) is 17.0. The summed E-state index contributed by atoms with van der Waals surface area (Å²) in [5, 5.41) is 3.01. The molecule has 0 aromatic heterocycles. The fraction of sp³-hybridized carbons (Fsp3) is 0.765. The lowest BCUT2D eigenvalue weighted by atomic mass is 9.66. The van der Waals surface area contributed by atoms with Crippen LogP contribution in [0.1, 0.15) is 52.4 Å². The van der Waals surface area contributed by atoms with Gasteiger partial charge < -0.3 is 27.8 Å². The zero-order valence-corrected chi connectivity index (χ0v) is 17.0. The Labute approximate surface area is 168 Å². The molecule has 1 saturated heterocycles. The van der Waals surface area contributed by atoms with Gasteiger partial charge in [-0.3, -0.25) is 19.2 Å². The van der Waals surface area contributed by atoms with Gasteiger partial charge in [-0.2, -0.15) is 13.5 Å². The summed E-state index contributed by atoms with van der Waals surface area (Å²) in [4.78, 5) is 48.5. The second-order valence-corrected chi connectivity index (χ2v) is 7.57. The first kappa shape index (κ1) is 23.2. The summed E-state index contributed by atoms with van der Waals surface area (Å²) in [6, 6.07) is -0.673. The lowest BCUT2D eigenvalue weighted by Gasteiger charge is -2.54. The smallest absolute Gasteiger partial charge is 0.240 e. The van der Waals surface area contributed by atoms with E-state index in [9.17, 15) is 19.2 Å². The molecule has 10 heteroatoms. The average molecular weight is 405 g/mol. The molecule has 27 heavy (non-hydrogen) atoms. The summed E-state index contributed by atoms with van der Waals surface area (Å²) >= 11 is 0. The van der Waals surface area contributed by atoms with Crippen molar-refractivity contribution in [1.29, 1.82) is 0 Å². The van der Waals surface area contributed by atoms with E-state index < -0.39 is 23.3 Å². The van der Waals surface area contributed by atoms with Crippen molar-refractivity contribution < 1.29 is 20.6 Å². The number of hydrogen-bond acceptors (Lipinski definition) is 5. The van der Waals surface area contributed by atoms with E-state index in [0.717, 1.165) is 12.8 Å². The van der Waals surface area contributed by atoms with Gasteiger partial charge in [0.1, 0.15) is 7.45 Å². The molecule has 1 saturated carbocycles. The van der Waals surface area contributed by atoms with E-state index in [2.05, 4.69) is 11.5 Å². The van der Waals surface area contributed by atoms with Gasteiger partial charge in [-0.15, -0.1) is 0 Å². The highest BCUT2D eigenvalue weighted by atomic mass is 32.1. The number of nitrogens with one attached hydrogen (secondary N) is 1. The number of β-lactam (4-membered cyclic amide) rings is 1. The Bertz CT molecular complexity index is 582. The molecule has 1 atom stereocenters. The molecule has 8 N–H and O–H groups in total. The number of primary amides is 2. The minimum absolute atomic E-state index is 0. The summed E-state index contributed by atoms with van der Waals surface area (Å²) in [6.07, 6.45) is 6.81. The van der Waals surface area contributed by atoms with Crippen molar-refractivity contribution in [2.45, 2.75) is 64.5 Å². The molecule has 0 aromatic carbocycles. The maximum absolute atomic E-state index is 12.7. The third-order valence-corrected chi connectivity index (χ3v) is 5.37. The molecule has 0 unspecified atom stereocenters. The third kappa shape index (κ3) is 5.58. The molecule has 1 aliphatic heterocycles. The largest absolute Gasteiger partial charge is 0.370 e.